The molecule has 1 saturated heterocycles. The topological polar surface area (TPSA) is 84.9 Å². The molecule has 0 aromatic heterocycles. The van der Waals surface area contributed by atoms with Gasteiger partial charge < -0.3 is 14.8 Å². The van der Waals surface area contributed by atoms with Crippen LogP contribution >= 0.6 is 0 Å². The second-order valence-electron chi connectivity index (χ2n) is 8.04. The van der Waals surface area contributed by atoms with Crippen LogP contribution in [-0.2, 0) is 26.1 Å². The van der Waals surface area contributed by atoms with Crippen LogP contribution < -0.4 is 10.1 Å². The Bertz CT molecular complexity index is 1250. The van der Waals surface area contributed by atoms with Crippen molar-refractivity contribution in [2.45, 2.75) is 24.3 Å². The van der Waals surface area contributed by atoms with Crippen LogP contribution in [0.5, 0.6) is 5.75 Å². The molecule has 8 heteroatoms. The molecule has 0 spiro atoms. The lowest BCUT2D eigenvalue weighted by molar-refractivity contribution is -0.122. The minimum absolute atomic E-state index is 0.133. The SMILES string of the molecule is COc1ccc2cc(C(C)C(=O)NCc3ccccc3S(=O)(=O)N3CCOCC3)ccc2c1. The van der Waals surface area contributed by atoms with E-state index in [0.717, 1.165) is 22.1 Å². The number of methoxy groups -OCH3 is 1. The Labute approximate surface area is 194 Å². The van der Waals surface area contributed by atoms with Gasteiger partial charge in [0.15, 0.2) is 0 Å². The third-order valence-corrected chi connectivity index (χ3v) is 7.98. The fourth-order valence-electron chi connectivity index (χ4n) is 3.95. The van der Waals surface area contributed by atoms with E-state index in [9.17, 15) is 13.2 Å². The fraction of sp³-hybridized carbons (Fsp3) is 0.320. The van der Waals surface area contributed by atoms with Gasteiger partial charge in [0.05, 0.1) is 31.1 Å². The summed E-state index contributed by atoms with van der Waals surface area (Å²) in [5, 5.41) is 4.97. The zero-order chi connectivity index (χ0) is 23.4. The maximum Gasteiger partial charge on any atom is 0.243 e. The molecule has 1 aliphatic heterocycles. The molecule has 1 atom stereocenters. The molecule has 4 rings (SSSR count). The van der Waals surface area contributed by atoms with Crippen molar-refractivity contribution in [1.29, 1.82) is 0 Å². The van der Waals surface area contributed by atoms with Crippen molar-refractivity contribution in [2.24, 2.45) is 0 Å². The number of morpholine rings is 1. The quantitative estimate of drug-likeness (QED) is 0.575. The second kappa shape index (κ2) is 9.91. The molecule has 0 bridgehead atoms. The van der Waals surface area contributed by atoms with Gasteiger partial charge in [0.1, 0.15) is 5.75 Å². The predicted molar refractivity (Wildman–Crippen MR) is 127 cm³/mol. The summed E-state index contributed by atoms with van der Waals surface area (Å²) in [6.07, 6.45) is 0. The molecule has 7 nitrogen and oxygen atoms in total. The number of sulfonamides is 1. The first-order chi connectivity index (χ1) is 15.9. The maximum atomic E-state index is 13.1. The van der Waals surface area contributed by atoms with Crippen LogP contribution in [0.3, 0.4) is 0 Å². The zero-order valence-electron chi connectivity index (χ0n) is 18.8. The number of carbonyl (C=O) groups is 1. The van der Waals surface area contributed by atoms with Crippen LogP contribution in [0, 0.1) is 0 Å². The minimum Gasteiger partial charge on any atom is -0.497 e. The monoisotopic (exact) mass is 468 g/mol. The molecule has 0 radical (unpaired) electrons. The Hall–Kier alpha value is -2.94. The van der Waals surface area contributed by atoms with Crippen LogP contribution in [0.1, 0.15) is 24.0 Å². The predicted octanol–water partition coefficient (Wildman–Crippen LogP) is 3.29. The van der Waals surface area contributed by atoms with Gasteiger partial charge in [-0.2, -0.15) is 4.31 Å². The van der Waals surface area contributed by atoms with Crippen molar-refractivity contribution in [1.82, 2.24) is 9.62 Å². The van der Waals surface area contributed by atoms with E-state index in [0.29, 0.717) is 31.9 Å². The molecule has 174 valence electrons. The Morgan fingerprint density at radius 1 is 1.06 bits per heavy atom. The van der Waals surface area contributed by atoms with Gasteiger partial charge >= 0.3 is 0 Å². The highest BCUT2D eigenvalue weighted by Gasteiger charge is 2.28. The summed E-state index contributed by atoms with van der Waals surface area (Å²) in [5.41, 5.74) is 1.45. The number of benzene rings is 3. The number of carbonyl (C=O) groups excluding carboxylic acids is 1. The lowest BCUT2D eigenvalue weighted by atomic mass is 9.97. The van der Waals surface area contributed by atoms with Gasteiger partial charge in [-0.3, -0.25) is 4.79 Å². The lowest BCUT2D eigenvalue weighted by Gasteiger charge is -2.27. The van der Waals surface area contributed by atoms with Gasteiger partial charge in [0, 0.05) is 19.6 Å². The number of nitrogens with one attached hydrogen (secondary N) is 1. The average molecular weight is 469 g/mol. The molecule has 3 aromatic rings. The van der Waals surface area contributed by atoms with Crippen molar-refractivity contribution >= 4 is 26.7 Å². The smallest absolute Gasteiger partial charge is 0.243 e. The summed E-state index contributed by atoms with van der Waals surface area (Å²) >= 11 is 0. The summed E-state index contributed by atoms with van der Waals surface area (Å²) in [5.74, 6) is 0.229. The van der Waals surface area contributed by atoms with E-state index in [2.05, 4.69) is 5.32 Å². The number of hydrogen-bond acceptors (Lipinski definition) is 5. The van der Waals surface area contributed by atoms with E-state index in [1.165, 1.54) is 4.31 Å². The Morgan fingerprint density at radius 2 is 1.76 bits per heavy atom. The van der Waals surface area contributed by atoms with Gasteiger partial charge in [-0.05, 0) is 47.0 Å². The summed E-state index contributed by atoms with van der Waals surface area (Å²) in [4.78, 5) is 13.1. The number of amides is 1. The van der Waals surface area contributed by atoms with E-state index in [-0.39, 0.29) is 23.3 Å². The van der Waals surface area contributed by atoms with Crippen LogP contribution in [0.2, 0.25) is 0 Å². The normalized spacial score (nSPS) is 15.8. The molecule has 1 aliphatic rings. The van der Waals surface area contributed by atoms with Crippen molar-refractivity contribution in [3.63, 3.8) is 0 Å². The van der Waals surface area contributed by atoms with Gasteiger partial charge in [0.2, 0.25) is 15.9 Å². The van der Waals surface area contributed by atoms with E-state index >= 15 is 0 Å². The highest BCUT2D eigenvalue weighted by atomic mass is 32.2. The molecule has 0 aliphatic carbocycles. The van der Waals surface area contributed by atoms with Gasteiger partial charge in [-0.25, -0.2) is 8.42 Å². The first-order valence-corrected chi connectivity index (χ1v) is 12.4. The molecule has 1 N–H and O–H groups in total. The lowest BCUT2D eigenvalue weighted by Crippen LogP contribution is -2.41. The fourth-order valence-corrected chi connectivity index (χ4v) is 5.58. The van der Waals surface area contributed by atoms with Gasteiger partial charge in [-0.1, -0.05) is 42.5 Å². The number of ether oxygens (including phenoxy) is 2. The van der Waals surface area contributed by atoms with Crippen LogP contribution in [0.25, 0.3) is 10.8 Å². The van der Waals surface area contributed by atoms with Gasteiger partial charge in [0.25, 0.3) is 0 Å². The van der Waals surface area contributed by atoms with Crippen molar-refractivity contribution < 1.29 is 22.7 Å². The van der Waals surface area contributed by atoms with Crippen molar-refractivity contribution in [3.05, 3.63) is 71.8 Å². The summed E-state index contributed by atoms with van der Waals surface area (Å²) < 4.78 is 38.2. The number of hydrogen-bond donors (Lipinski definition) is 1. The third kappa shape index (κ3) is 5.03. The molecule has 0 saturated carbocycles. The number of fused-ring (bicyclic) bond motifs is 1. The largest absolute Gasteiger partial charge is 0.497 e. The number of nitrogens with zero attached hydrogens (tertiary/aromatic N) is 1. The van der Waals surface area contributed by atoms with E-state index in [1.54, 1.807) is 31.4 Å². The third-order valence-electron chi connectivity index (χ3n) is 5.98. The molecule has 1 fully saturated rings. The highest BCUT2D eigenvalue weighted by molar-refractivity contribution is 7.89. The second-order valence-corrected chi connectivity index (χ2v) is 9.94. The van der Waals surface area contributed by atoms with Crippen molar-refractivity contribution in [3.8, 4) is 5.75 Å². The molecule has 3 aromatic carbocycles. The summed E-state index contributed by atoms with van der Waals surface area (Å²) in [7, 11) is -2.02. The highest BCUT2D eigenvalue weighted by Crippen LogP contribution is 2.26. The van der Waals surface area contributed by atoms with Crippen LogP contribution in [0.4, 0.5) is 0 Å². The summed E-state index contributed by atoms with van der Waals surface area (Å²) in [6.45, 7) is 3.40. The van der Waals surface area contributed by atoms with Gasteiger partial charge in [-0.15, -0.1) is 0 Å². The van der Waals surface area contributed by atoms with E-state index in [1.807, 2.05) is 43.3 Å². The van der Waals surface area contributed by atoms with Crippen LogP contribution in [-0.4, -0.2) is 52.0 Å². The summed E-state index contributed by atoms with van der Waals surface area (Å²) in [6, 6.07) is 18.5. The Kier molecular flexibility index (Phi) is 6.97. The molecular formula is C25H28N2O5S. The Morgan fingerprint density at radius 3 is 2.52 bits per heavy atom. The zero-order valence-corrected chi connectivity index (χ0v) is 19.6. The van der Waals surface area contributed by atoms with E-state index < -0.39 is 10.0 Å². The van der Waals surface area contributed by atoms with Crippen molar-refractivity contribution in [2.75, 3.05) is 33.4 Å². The average Bonchev–Trinajstić information content (AvgIpc) is 2.86. The maximum absolute atomic E-state index is 13.1. The van der Waals surface area contributed by atoms with E-state index in [4.69, 9.17) is 9.47 Å². The molecule has 33 heavy (non-hydrogen) atoms. The Balaban J connectivity index is 1.48. The molecule has 1 unspecified atom stereocenters. The molecular weight excluding hydrogens is 440 g/mol. The first kappa shape index (κ1) is 23.2. The minimum atomic E-state index is -3.65. The standard InChI is InChI=1S/C25H28N2O5S/c1-18(19-7-8-21-16-23(31-2)10-9-20(21)15-19)25(28)26-17-22-5-3-4-6-24(22)33(29,30)27-11-13-32-14-12-27/h3-10,15-16,18H,11-14,17H2,1-2H3,(H,26,28). The van der Waals surface area contributed by atoms with Crippen LogP contribution in [0.15, 0.2) is 65.6 Å². The molecule has 1 amide bonds. The number of rotatable bonds is 7. The first-order valence-electron chi connectivity index (χ1n) is 10.9. The molecule has 1 heterocycles.